The first-order valence-electron chi connectivity index (χ1n) is 4.42. The minimum atomic E-state index is -0.174. The predicted octanol–water partition coefficient (Wildman–Crippen LogP) is 1.74. The number of hydrogen-bond acceptors (Lipinski definition) is 4. The van der Waals surface area contributed by atoms with E-state index < -0.39 is 0 Å². The van der Waals surface area contributed by atoms with E-state index in [1.807, 2.05) is 13.0 Å². The van der Waals surface area contributed by atoms with Crippen LogP contribution in [-0.2, 0) is 0 Å². The monoisotopic (exact) mass is 222 g/mol. The van der Waals surface area contributed by atoms with Crippen molar-refractivity contribution in [3.05, 3.63) is 27.7 Å². The summed E-state index contributed by atoms with van der Waals surface area (Å²) in [7, 11) is 0. The minimum Gasteiger partial charge on any atom is -0.288 e. The Labute approximate surface area is 90.6 Å². The molecule has 0 saturated carbocycles. The molecule has 5 nitrogen and oxygen atoms in total. The number of aryl methyl sites for hydroxylation is 2. The highest BCUT2D eigenvalue weighted by Gasteiger charge is 2.10. The number of amides is 1. The summed E-state index contributed by atoms with van der Waals surface area (Å²) in [6.45, 7) is 3.73. The molecule has 6 heteroatoms. The van der Waals surface area contributed by atoms with E-state index in [0.29, 0.717) is 16.6 Å². The van der Waals surface area contributed by atoms with Crippen molar-refractivity contribution in [3.8, 4) is 0 Å². The molecule has 2 aromatic heterocycles. The number of rotatable bonds is 2. The number of anilines is 1. The molecule has 2 heterocycles. The zero-order valence-electron chi connectivity index (χ0n) is 8.37. The van der Waals surface area contributed by atoms with Crippen LogP contribution in [0.2, 0.25) is 0 Å². The van der Waals surface area contributed by atoms with E-state index in [0.717, 1.165) is 4.88 Å². The summed E-state index contributed by atoms with van der Waals surface area (Å²) < 4.78 is 0. The average Bonchev–Trinajstić information content (AvgIpc) is 2.75. The fourth-order valence-electron chi connectivity index (χ4n) is 1.12. The molecule has 78 valence electrons. The number of thiophene rings is 1. The van der Waals surface area contributed by atoms with E-state index in [9.17, 15) is 4.79 Å². The van der Waals surface area contributed by atoms with Crippen molar-refractivity contribution in [1.82, 2.24) is 15.2 Å². The molecule has 0 atom stereocenters. The third-order valence-electron chi connectivity index (χ3n) is 1.79. The van der Waals surface area contributed by atoms with E-state index in [1.165, 1.54) is 11.3 Å². The van der Waals surface area contributed by atoms with Crippen LogP contribution >= 0.6 is 11.3 Å². The van der Waals surface area contributed by atoms with E-state index >= 15 is 0 Å². The maximum absolute atomic E-state index is 11.6. The van der Waals surface area contributed by atoms with Crippen molar-refractivity contribution in [2.45, 2.75) is 13.8 Å². The largest absolute Gasteiger partial charge is 0.288 e. The second-order valence-corrected chi connectivity index (χ2v) is 4.40. The summed E-state index contributed by atoms with van der Waals surface area (Å²) in [6, 6.07) is 3.69. The summed E-state index contributed by atoms with van der Waals surface area (Å²) in [5.74, 6) is 0.809. The van der Waals surface area contributed by atoms with Crippen LogP contribution in [0, 0.1) is 13.8 Å². The molecule has 2 N–H and O–H groups in total. The molecule has 0 spiro atoms. The van der Waals surface area contributed by atoms with Gasteiger partial charge in [-0.1, -0.05) is 0 Å². The smallest absolute Gasteiger partial charge is 0.268 e. The molecule has 2 aromatic rings. The number of aromatic nitrogens is 3. The van der Waals surface area contributed by atoms with Crippen LogP contribution in [0.1, 0.15) is 20.4 Å². The van der Waals surface area contributed by atoms with Crippen LogP contribution in [0.3, 0.4) is 0 Å². The molecule has 0 aliphatic carbocycles. The number of hydrogen-bond donors (Lipinski definition) is 2. The van der Waals surface area contributed by atoms with Crippen LogP contribution in [0.15, 0.2) is 12.1 Å². The van der Waals surface area contributed by atoms with Gasteiger partial charge in [-0.15, -0.1) is 16.4 Å². The third kappa shape index (κ3) is 2.21. The second-order valence-electron chi connectivity index (χ2n) is 3.11. The van der Waals surface area contributed by atoms with Crippen molar-refractivity contribution in [2.75, 3.05) is 5.32 Å². The molecule has 0 aliphatic rings. The van der Waals surface area contributed by atoms with E-state index in [1.54, 1.807) is 13.0 Å². The van der Waals surface area contributed by atoms with Gasteiger partial charge in [-0.3, -0.25) is 15.2 Å². The fraction of sp³-hybridized carbons (Fsp3) is 0.222. The van der Waals surface area contributed by atoms with Crippen LogP contribution in [-0.4, -0.2) is 21.1 Å². The lowest BCUT2D eigenvalue weighted by Crippen LogP contribution is -2.11. The van der Waals surface area contributed by atoms with Crippen LogP contribution in [0.4, 0.5) is 5.95 Å². The Hall–Kier alpha value is -1.69. The normalized spacial score (nSPS) is 10.3. The Morgan fingerprint density at radius 1 is 1.47 bits per heavy atom. The average molecular weight is 222 g/mol. The molecule has 0 aromatic carbocycles. The Morgan fingerprint density at radius 2 is 2.27 bits per heavy atom. The summed E-state index contributed by atoms with van der Waals surface area (Å²) >= 11 is 1.44. The first-order valence-corrected chi connectivity index (χ1v) is 5.23. The molecule has 2 rings (SSSR count). The van der Waals surface area contributed by atoms with Gasteiger partial charge in [0.15, 0.2) is 0 Å². The van der Waals surface area contributed by atoms with Gasteiger partial charge in [0, 0.05) is 4.88 Å². The molecule has 15 heavy (non-hydrogen) atoms. The SMILES string of the molecule is Cc1nc(NC(=O)c2ccc(C)s2)n[nH]1. The van der Waals surface area contributed by atoms with Crippen LogP contribution in [0.25, 0.3) is 0 Å². The predicted molar refractivity (Wildman–Crippen MR) is 58.1 cm³/mol. The molecule has 0 aliphatic heterocycles. The Kier molecular flexibility index (Phi) is 2.51. The van der Waals surface area contributed by atoms with Gasteiger partial charge in [-0.25, -0.2) is 0 Å². The maximum Gasteiger partial charge on any atom is 0.268 e. The van der Waals surface area contributed by atoms with Gasteiger partial charge in [0.05, 0.1) is 4.88 Å². The Bertz CT molecular complexity index is 488. The molecule has 0 bridgehead atoms. The van der Waals surface area contributed by atoms with E-state index in [4.69, 9.17) is 0 Å². The third-order valence-corrected chi connectivity index (χ3v) is 2.79. The molecule has 0 radical (unpaired) electrons. The number of carbonyl (C=O) groups excluding carboxylic acids is 1. The van der Waals surface area contributed by atoms with Crippen molar-refractivity contribution < 1.29 is 4.79 Å². The van der Waals surface area contributed by atoms with Gasteiger partial charge < -0.3 is 0 Å². The second kappa shape index (κ2) is 3.82. The molecule has 0 unspecified atom stereocenters. The van der Waals surface area contributed by atoms with Crippen molar-refractivity contribution in [1.29, 1.82) is 0 Å². The fourth-order valence-corrected chi connectivity index (χ4v) is 1.88. The zero-order chi connectivity index (χ0) is 10.8. The summed E-state index contributed by atoms with van der Waals surface area (Å²) in [4.78, 5) is 17.4. The van der Waals surface area contributed by atoms with Crippen molar-refractivity contribution in [3.63, 3.8) is 0 Å². The van der Waals surface area contributed by atoms with Gasteiger partial charge in [0.1, 0.15) is 5.82 Å². The molecular formula is C9H10N4OS. The number of nitrogens with zero attached hydrogens (tertiary/aromatic N) is 2. The highest BCUT2D eigenvalue weighted by atomic mass is 32.1. The van der Waals surface area contributed by atoms with Gasteiger partial charge in [-0.2, -0.15) is 4.98 Å². The Morgan fingerprint density at radius 3 is 2.80 bits per heavy atom. The number of nitrogens with one attached hydrogen (secondary N) is 2. The Balaban J connectivity index is 2.10. The lowest BCUT2D eigenvalue weighted by molar-refractivity contribution is 0.102. The highest BCUT2D eigenvalue weighted by Crippen LogP contribution is 2.15. The number of carbonyl (C=O) groups is 1. The molecule has 0 saturated heterocycles. The summed E-state index contributed by atoms with van der Waals surface area (Å²) in [6.07, 6.45) is 0. The minimum absolute atomic E-state index is 0.174. The van der Waals surface area contributed by atoms with Crippen LogP contribution in [0.5, 0.6) is 0 Å². The van der Waals surface area contributed by atoms with Gasteiger partial charge in [-0.05, 0) is 26.0 Å². The lowest BCUT2D eigenvalue weighted by Gasteiger charge is -1.95. The van der Waals surface area contributed by atoms with Crippen molar-refractivity contribution >= 4 is 23.2 Å². The number of aromatic amines is 1. The number of H-pyrrole nitrogens is 1. The van der Waals surface area contributed by atoms with Crippen molar-refractivity contribution in [2.24, 2.45) is 0 Å². The zero-order valence-corrected chi connectivity index (χ0v) is 9.18. The summed E-state index contributed by atoms with van der Waals surface area (Å²) in [5.41, 5.74) is 0. The topological polar surface area (TPSA) is 70.7 Å². The first-order chi connectivity index (χ1) is 7.15. The van der Waals surface area contributed by atoms with Gasteiger partial charge in [0.25, 0.3) is 5.91 Å². The maximum atomic E-state index is 11.6. The molecule has 1 amide bonds. The van der Waals surface area contributed by atoms with E-state index in [-0.39, 0.29) is 5.91 Å². The van der Waals surface area contributed by atoms with E-state index in [2.05, 4.69) is 20.5 Å². The lowest BCUT2D eigenvalue weighted by atomic mass is 10.4. The van der Waals surface area contributed by atoms with Gasteiger partial charge >= 0.3 is 0 Å². The molecular weight excluding hydrogens is 212 g/mol. The standard InChI is InChI=1S/C9H10N4OS/c1-5-3-4-7(15-5)8(14)11-9-10-6(2)12-13-9/h3-4H,1-2H3,(H2,10,11,12,13,14). The highest BCUT2D eigenvalue weighted by molar-refractivity contribution is 7.14. The first kappa shape index (κ1) is 9.85. The quantitative estimate of drug-likeness (QED) is 0.813. The molecule has 0 fully saturated rings. The van der Waals surface area contributed by atoms with Gasteiger partial charge in [0.2, 0.25) is 5.95 Å². The summed E-state index contributed by atoms with van der Waals surface area (Å²) in [5, 5.41) is 9.09. The van der Waals surface area contributed by atoms with Crippen LogP contribution < -0.4 is 5.32 Å².